The fourth-order valence-electron chi connectivity index (χ4n) is 3.55. The Morgan fingerprint density at radius 1 is 1.21 bits per heavy atom. The van der Waals surface area contributed by atoms with Crippen LogP contribution in [-0.2, 0) is 13.5 Å². The van der Waals surface area contributed by atoms with Crippen LogP contribution in [0.1, 0.15) is 16.1 Å². The minimum absolute atomic E-state index is 0.0619. The van der Waals surface area contributed by atoms with Gasteiger partial charge in [-0.15, -0.1) is 0 Å². The second-order valence-corrected chi connectivity index (χ2v) is 6.60. The van der Waals surface area contributed by atoms with Crippen molar-refractivity contribution in [2.24, 2.45) is 12.2 Å². The van der Waals surface area contributed by atoms with Crippen LogP contribution in [0, 0.1) is 16.5 Å². The predicted octanol–water partition coefficient (Wildman–Crippen LogP) is 3.36. The molecule has 0 fully saturated rings. The highest BCUT2D eigenvalue weighted by atomic mass is 19.2. The smallest absolute Gasteiger partial charge is 0.256 e. The zero-order valence-electron chi connectivity index (χ0n) is 15.1. The van der Waals surface area contributed by atoms with E-state index >= 15 is 0 Å². The Labute approximate surface area is 158 Å². The summed E-state index contributed by atoms with van der Waals surface area (Å²) in [5, 5.41) is 6.49. The van der Waals surface area contributed by atoms with Crippen LogP contribution in [0.3, 0.4) is 0 Å². The molecule has 1 aromatic carbocycles. The van der Waals surface area contributed by atoms with Gasteiger partial charge in [0, 0.05) is 49.4 Å². The summed E-state index contributed by atoms with van der Waals surface area (Å²) in [7, 11) is 1.84. The summed E-state index contributed by atoms with van der Waals surface area (Å²) in [6.45, 7) is 0.874. The van der Waals surface area contributed by atoms with E-state index in [2.05, 4.69) is 15.5 Å². The third-order valence-corrected chi connectivity index (χ3v) is 4.93. The van der Waals surface area contributed by atoms with Gasteiger partial charge in [0.1, 0.15) is 11.5 Å². The molecule has 28 heavy (non-hydrogen) atoms. The number of nitrogens with zero attached hydrogens (tertiary/aromatic N) is 4. The molecule has 9 heteroatoms. The molecular weight excluding hydrogens is 368 g/mol. The zero-order chi connectivity index (χ0) is 19.8. The molecule has 1 aliphatic heterocycles. The van der Waals surface area contributed by atoms with E-state index in [0.717, 1.165) is 17.8 Å². The maximum absolute atomic E-state index is 13.4. The Balaban J connectivity index is 1.70. The number of benzene rings is 1. The summed E-state index contributed by atoms with van der Waals surface area (Å²) in [5.74, 6) is -1.56. The molecule has 4 rings (SSSR count). The van der Waals surface area contributed by atoms with Gasteiger partial charge in [-0.3, -0.25) is 4.79 Å². The molecule has 0 saturated carbocycles. The van der Waals surface area contributed by atoms with Gasteiger partial charge in [-0.2, -0.15) is 4.91 Å². The summed E-state index contributed by atoms with van der Waals surface area (Å²) in [6.07, 6.45) is 0.652. The number of aromatic nitrogens is 2. The van der Waals surface area contributed by atoms with Crippen molar-refractivity contribution in [2.45, 2.75) is 6.42 Å². The van der Waals surface area contributed by atoms with Gasteiger partial charge in [0.15, 0.2) is 11.6 Å². The fourth-order valence-corrected chi connectivity index (χ4v) is 3.55. The summed E-state index contributed by atoms with van der Waals surface area (Å²) >= 11 is 0. The van der Waals surface area contributed by atoms with Gasteiger partial charge in [0.2, 0.25) is 0 Å². The van der Waals surface area contributed by atoms with E-state index in [-0.39, 0.29) is 12.5 Å². The number of amides is 1. The summed E-state index contributed by atoms with van der Waals surface area (Å²) in [4.78, 5) is 29.4. The molecule has 0 atom stereocenters. The number of aryl methyl sites for hydroxylation is 1. The Morgan fingerprint density at radius 3 is 2.79 bits per heavy atom. The average Bonchev–Trinajstić information content (AvgIpc) is 2.97. The Hall–Kier alpha value is -3.36. The largest absolute Gasteiger partial charge is 0.340 e. The lowest BCUT2D eigenvalue weighted by Gasteiger charge is -2.26. The first kappa shape index (κ1) is 18.0. The molecule has 7 nitrogen and oxygen atoms in total. The fraction of sp³-hybridized carbons (Fsp3) is 0.263. The standard InChI is InChI=1S/C19H17F2N5O2/c1-25-15-6-8-26(9-7-22-28)19(27)17(15)12-3-5-16(24-18(12)25)23-11-2-4-13(20)14(21)10-11/h2-5,10H,6-9H2,1H3,(H,23,24). The van der Waals surface area contributed by atoms with Crippen LogP contribution in [-0.4, -0.2) is 40.0 Å². The highest BCUT2D eigenvalue weighted by molar-refractivity contribution is 6.08. The number of anilines is 2. The average molecular weight is 385 g/mol. The van der Waals surface area contributed by atoms with Crippen molar-refractivity contribution in [1.29, 1.82) is 0 Å². The van der Waals surface area contributed by atoms with Crippen molar-refractivity contribution in [2.75, 3.05) is 25.0 Å². The number of halogens is 2. The zero-order valence-corrected chi connectivity index (χ0v) is 15.1. The molecule has 0 unspecified atom stereocenters. The number of nitrogens with one attached hydrogen (secondary N) is 1. The van der Waals surface area contributed by atoms with E-state index < -0.39 is 11.6 Å². The van der Waals surface area contributed by atoms with E-state index in [1.807, 2.05) is 11.6 Å². The maximum atomic E-state index is 13.4. The monoisotopic (exact) mass is 385 g/mol. The lowest BCUT2D eigenvalue weighted by molar-refractivity contribution is 0.0745. The topological polar surface area (TPSA) is 79.6 Å². The van der Waals surface area contributed by atoms with Crippen LogP contribution in [0.25, 0.3) is 11.0 Å². The molecule has 0 radical (unpaired) electrons. The predicted molar refractivity (Wildman–Crippen MR) is 101 cm³/mol. The highest BCUT2D eigenvalue weighted by Gasteiger charge is 2.30. The van der Waals surface area contributed by atoms with Crippen molar-refractivity contribution in [3.63, 3.8) is 0 Å². The number of hydrogen-bond acceptors (Lipinski definition) is 5. The van der Waals surface area contributed by atoms with Crippen LogP contribution in [0.5, 0.6) is 0 Å². The Kier molecular flexibility index (Phi) is 4.50. The first-order valence-electron chi connectivity index (χ1n) is 8.78. The van der Waals surface area contributed by atoms with Crippen molar-refractivity contribution < 1.29 is 13.6 Å². The van der Waals surface area contributed by atoms with Crippen LogP contribution >= 0.6 is 0 Å². The van der Waals surface area contributed by atoms with E-state index in [1.54, 1.807) is 17.0 Å². The first-order valence-corrected chi connectivity index (χ1v) is 8.78. The normalized spacial score (nSPS) is 13.7. The molecule has 1 amide bonds. The SMILES string of the molecule is Cn1c2c(c3ccc(Nc4ccc(F)c(F)c4)nc31)C(=O)N(CCN=O)CC2. The van der Waals surface area contributed by atoms with Gasteiger partial charge >= 0.3 is 0 Å². The van der Waals surface area contributed by atoms with Crippen molar-refractivity contribution in [3.05, 3.63) is 58.1 Å². The number of pyridine rings is 1. The van der Waals surface area contributed by atoms with E-state index in [1.165, 1.54) is 6.07 Å². The molecule has 0 saturated heterocycles. The van der Waals surface area contributed by atoms with E-state index in [4.69, 9.17) is 0 Å². The van der Waals surface area contributed by atoms with Gasteiger partial charge in [0.05, 0.1) is 12.1 Å². The highest BCUT2D eigenvalue weighted by Crippen LogP contribution is 2.30. The number of hydrogen-bond donors (Lipinski definition) is 1. The Bertz CT molecular complexity index is 1100. The van der Waals surface area contributed by atoms with E-state index in [0.29, 0.717) is 47.6 Å². The molecule has 0 aliphatic carbocycles. The lowest BCUT2D eigenvalue weighted by atomic mass is 10.0. The van der Waals surface area contributed by atoms with Gasteiger partial charge in [0.25, 0.3) is 5.91 Å². The number of nitroso groups, excluding NO2 is 1. The number of fused-ring (bicyclic) bond motifs is 3. The molecule has 3 aromatic rings. The second-order valence-electron chi connectivity index (χ2n) is 6.60. The van der Waals surface area contributed by atoms with Crippen molar-refractivity contribution >= 4 is 28.4 Å². The molecule has 2 aromatic heterocycles. The van der Waals surface area contributed by atoms with Crippen molar-refractivity contribution in [3.8, 4) is 0 Å². The van der Waals surface area contributed by atoms with Gasteiger partial charge in [-0.1, -0.05) is 5.18 Å². The van der Waals surface area contributed by atoms with Crippen LogP contribution in [0.15, 0.2) is 35.5 Å². The minimum atomic E-state index is -0.948. The molecule has 1 aliphatic rings. The van der Waals surface area contributed by atoms with Crippen LogP contribution < -0.4 is 5.32 Å². The Morgan fingerprint density at radius 2 is 2.04 bits per heavy atom. The van der Waals surface area contributed by atoms with Crippen LogP contribution in [0.4, 0.5) is 20.3 Å². The molecular formula is C19H17F2N5O2. The molecule has 144 valence electrons. The van der Waals surface area contributed by atoms with Crippen molar-refractivity contribution in [1.82, 2.24) is 14.5 Å². The summed E-state index contributed by atoms with van der Waals surface area (Å²) < 4.78 is 28.4. The molecule has 0 bridgehead atoms. The summed E-state index contributed by atoms with van der Waals surface area (Å²) in [5.41, 5.74) is 2.45. The molecule has 0 spiro atoms. The van der Waals surface area contributed by atoms with Gasteiger partial charge < -0.3 is 14.8 Å². The molecule has 3 heterocycles. The van der Waals surface area contributed by atoms with E-state index in [9.17, 15) is 18.5 Å². The van der Waals surface area contributed by atoms with Gasteiger partial charge in [-0.25, -0.2) is 13.8 Å². The lowest BCUT2D eigenvalue weighted by Crippen LogP contribution is -2.39. The third-order valence-electron chi connectivity index (χ3n) is 4.93. The number of rotatable bonds is 5. The van der Waals surface area contributed by atoms with Gasteiger partial charge in [-0.05, 0) is 24.3 Å². The number of carbonyl (C=O) groups is 1. The quantitative estimate of drug-likeness (QED) is 0.683. The molecule has 1 N–H and O–H groups in total. The second kappa shape index (κ2) is 6.99. The third kappa shape index (κ3) is 2.98. The minimum Gasteiger partial charge on any atom is -0.340 e. The number of carbonyl (C=O) groups excluding carboxylic acids is 1. The first-order chi connectivity index (χ1) is 13.5. The maximum Gasteiger partial charge on any atom is 0.256 e. The summed E-state index contributed by atoms with van der Waals surface area (Å²) in [6, 6.07) is 6.98. The van der Waals surface area contributed by atoms with Crippen LogP contribution in [0.2, 0.25) is 0 Å².